The van der Waals surface area contributed by atoms with Crippen LogP contribution in [0.2, 0.25) is 0 Å². The Kier molecular flexibility index (Phi) is 4.15. The Bertz CT molecular complexity index is 495. The average Bonchev–Trinajstić information content (AvgIpc) is 2.62. The molecule has 0 fully saturated rings. The van der Waals surface area contributed by atoms with Crippen LogP contribution in [0, 0.1) is 10.1 Å². The van der Waals surface area contributed by atoms with Gasteiger partial charge < -0.3 is 19.8 Å². The van der Waals surface area contributed by atoms with E-state index in [2.05, 4.69) is 9.17 Å². The highest BCUT2D eigenvalue weighted by Gasteiger charge is 2.14. The second kappa shape index (κ2) is 5.21. The third-order valence-corrected chi connectivity index (χ3v) is 2.27. The highest BCUT2D eigenvalue weighted by Crippen LogP contribution is 2.06. The van der Waals surface area contributed by atoms with Gasteiger partial charge >= 0.3 is 5.82 Å². The highest BCUT2D eigenvalue weighted by atomic mass is 32.2. The molecular weight excluding hydrogens is 254 g/mol. The molecule has 1 unspecified atom stereocenters. The molecule has 1 heterocycles. The minimum atomic E-state index is -3.61. The third-order valence-electron chi connectivity index (χ3n) is 1.70. The van der Waals surface area contributed by atoms with Crippen LogP contribution in [0.15, 0.2) is 12.5 Å². The Morgan fingerprint density at radius 2 is 2.35 bits per heavy atom. The van der Waals surface area contributed by atoms with E-state index in [1.54, 1.807) is 0 Å². The molecule has 1 rings (SSSR count). The fourth-order valence-corrected chi connectivity index (χ4v) is 1.44. The lowest BCUT2D eigenvalue weighted by molar-refractivity contribution is -0.389. The van der Waals surface area contributed by atoms with Gasteiger partial charge in [0.15, 0.2) is 0 Å². The minimum absolute atomic E-state index is 0.0453. The summed E-state index contributed by atoms with van der Waals surface area (Å²) < 4.78 is 26.9. The highest BCUT2D eigenvalue weighted by molar-refractivity contribution is 7.85. The molecule has 1 atom stereocenters. The number of nitrogens with zero attached hydrogens (tertiary/aromatic N) is 3. The van der Waals surface area contributed by atoms with E-state index in [1.807, 2.05) is 0 Å². The minimum Gasteiger partial charge on any atom is -0.389 e. The van der Waals surface area contributed by atoms with Crippen molar-refractivity contribution in [2.75, 3.05) is 12.9 Å². The summed E-state index contributed by atoms with van der Waals surface area (Å²) in [5, 5.41) is 19.7. The number of hydrogen-bond donors (Lipinski definition) is 1. The second-order valence-electron chi connectivity index (χ2n) is 3.33. The smallest absolute Gasteiger partial charge is 0.381 e. The molecule has 0 aromatic carbocycles. The summed E-state index contributed by atoms with van der Waals surface area (Å²) in [7, 11) is -3.61. The normalized spacial score (nSPS) is 13.5. The summed E-state index contributed by atoms with van der Waals surface area (Å²) in [6, 6.07) is 0. The van der Waals surface area contributed by atoms with Crippen molar-refractivity contribution in [1.82, 2.24) is 9.55 Å². The molecule has 10 heteroatoms. The number of hydrogen-bond acceptors (Lipinski definition) is 7. The fourth-order valence-electron chi connectivity index (χ4n) is 1.04. The van der Waals surface area contributed by atoms with Crippen LogP contribution in [-0.4, -0.2) is 47.0 Å². The first-order valence-electron chi connectivity index (χ1n) is 4.46. The quantitative estimate of drug-likeness (QED) is 0.402. The summed E-state index contributed by atoms with van der Waals surface area (Å²) in [5.74, 6) is -0.346. The number of aliphatic hydroxyl groups excluding tert-OH is 1. The molecular formula is C7H11N3O6S. The van der Waals surface area contributed by atoms with Crippen LogP contribution in [0.5, 0.6) is 0 Å². The first kappa shape index (κ1) is 13.5. The Morgan fingerprint density at radius 1 is 1.71 bits per heavy atom. The van der Waals surface area contributed by atoms with E-state index >= 15 is 0 Å². The maximum absolute atomic E-state index is 10.6. The molecule has 1 aromatic heterocycles. The summed E-state index contributed by atoms with van der Waals surface area (Å²) in [4.78, 5) is 13.1. The van der Waals surface area contributed by atoms with E-state index in [0.29, 0.717) is 0 Å². The number of aromatic nitrogens is 2. The van der Waals surface area contributed by atoms with Crippen molar-refractivity contribution >= 4 is 15.9 Å². The molecule has 0 bridgehead atoms. The lowest BCUT2D eigenvalue weighted by Gasteiger charge is -2.09. The molecule has 0 aliphatic heterocycles. The van der Waals surface area contributed by atoms with Gasteiger partial charge in [-0.2, -0.15) is 8.42 Å². The average molecular weight is 265 g/mol. The van der Waals surface area contributed by atoms with Crippen LogP contribution in [0.1, 0.15) is 0 Å². The zero-order valence-electron chi connectivity index (χ0n) is 8.88. The summed E-state index contributed by atoms with van der Waals surface area (Å²) in [5.41, 5.74) is 0. The van der Waals surface area contributed by atoms with Crippen LogP contribution in [0.25, 0.3) is 0 Å². The summed E-state index contributed by atoms with van der Waals surface area (Å²) in [6.45, 7) is -0.457. The van der Waals surface area contributed by atoms with Gasteiger partial charge in [-0.15, -0.1) is 0 Å². The van der Waals surface area contributed by atoms with Gasteiger partial charge in [-0.1, -0.05) is 0 Å². The Morgan fingerprint density at radius 3 is 2.82 bits per heavy atom. The van der Waals surface area contributed by atoms with E-state index in [1.165, 1.54) is 10.9 Å². The van der Waals surface area contributed by atoms with Crippen molar-refractivity contribution in [2.24, 2.45) is 0 Å². The zero-order chi connectivity index (χ0) is 13.1. The third kappa shape index (κ3) is 4.89. The molecule has 0 spiro atoms. The predicted molar refractivity (Wildman–Crippen MR) is 55.7 cm³/mol. The topological polar surface area (TPSA) is 125 Å². The van der Waals surface area contributed by atoms with Gasteiger partial charge in [0.25, 0.3) is 10.1 Å². The molecule has 96 valence electrons. The van der Waals surface area contributed by atoms with Crippen LogP contribution < -0.4 is 0 Å². The second-order valence-corrected chi connectivity index (χ2v) is 4.97. The number of imidazole rings is 1. The van der Waals surface area contributed by atoms with E-state index in [-0.39, 0.29) is 12.4 Å². The molecule has 0 radical (unpaired) electrons. The number of nitro groups is 1. The molecule has 9 nitrogen and oxygen atoms in total. The van der Waals surface area contributed by atoms with Crippen LogP contribution in [0.4, 0.5) is 5.82 Å². The zero-order valence-corrected chi connectivity index (χ0v) is 9.70. The lowest BCUT2D eigenvalue weighted by atomic mass is 10.4. The summed E-state index contributed by atoms with van der Waals surface area (Å²) in [6.07, 6.45) is 2.06. The van der Waals surface area contributed by atoms with Crippen molar-refractivity contribution in [3.05, 3.63) is 22.6 Å². The summed E-state index contributed by atoms with van der Waals surface area (Å²) >= 11 is 0. The molecule has 0 amide bonds. The van der Waals surface area contributed by atoms with Crippen molar-refractivity contribution in [2.45, 2.75) is 12.6 Å². The van der Waals surface area contributed by atoms with Crippen LogP contribution in [0.3, 0.4) is 0 Å². The Labute approximate surface area is 96.9 Å². The molecule has 0 saturated carbocycles. The van der Waals surface area contributed by atoms with Gasteiger partial charge in [0, 0.05) is 0 Å². The molecule has 1 aromatic rings. The molecule has 0 aliphatic carbocycles. The van der Waals surface area contributed by atoms with Crippen LogP contribution >= 0.6 is 0 Å². The molecule has 17 heavy (non-hydrogen) atoms. The van der Waals surface area contributed by atoms with E-state index in [4.69, 9.17) is 0 Å². The largest absolute Gasteiger partial charge is 0.389 e. The molecule has 1 N–H and O–H groups in total. The van der Waals surface area contributed by atoms with Crippen LogP contribution in [-0.2, 0) is 20.8 Å². The maximum Gasteiger partial charge on any atom is 0.381 e. The SMILES string of the molecule is CS(=O)(=O)OCC(O)Cn1cnc([N+](=O)[O-])c1. The standard InChI is InChI=1S/C7H11N3O6S/c1-17(14,15)16-4-6(11)2-9-3-7(8-5-9)10(12)13/h3,5-6,11H,2,4H2,1H3. The van der Waals surface area contributed by atoms with E-state index in [0.717, 1.165) is 12.5 Å². The molecule has 0 saturated heterocycles. The van der Waals surface area contributed by atoms with Gasteiger partial charge in [0.2, 0.25) is 6.33 Å². The van der Waals surface area contributed by atoms with Gasteiger partial charge in [-0.05, 0) is 9.91 Å². The van der Waals surface area contributed by atoms with E-state index in [9.17, 15) is 23.6 Å². The monoisotopic (exact) mass is 265 g/mol. The predicted octanol–water partition coefficient (Wildman–Crippen LogP) is -0.872. The first-order chi connectivity index (χ1) is 7.78. The first-order valence-corrected chi connectivity index (χ1v) is 6.28. The van der Waals surface area contributed by atoms with E-state index < -0.39 is 27.8 Å². The number of aliphatic hydroxyl groups is 1. The van der Waals surface area contributed by atoms with Crippen molar-refractivity contribution in [3.8, 4) is 0 Å². The lowest BCUT2D eigenvalue weighted by Crippen LogP contribution is -2.23. The molecule has 0 aliphatic rings. The number of rotatable bonds is 6. The Hall–Kier alpha value is -1.52. The Balaban J connectivity index is 2.50. The van der Waals surface area contributed by atoms with Gasteiger partial charge in [0.1, 0.15) is 6.20 Å². The van der Waals surface area contributed by atoms with Gasteiger partial charge in [-0.25, -0.2) is 0 Å². The fraction of sp³-hybridized carbons (Fsp3) is 0.571. The maximum atomic E-state index is 10.6. The van der Waals surface area contributed by atoms with Crippen molar-refractivity contribution in [3.63, 3.8) is 0 Å². The van der Waals surface area contributed by atoms with Gasteiger partial charge in [-0.3, -0.25) is 4.18 Å². The van der Waals surface area contributed by atoms with Crippen molar-refractivity contribution < 1.29 is 22.6 Å². The van der Waals surface area contributed by atoms with Gasteiger partial charge in [0.05, 0.1) is 25.5 Å². The van der Waals surface area contributed by atoms with Crippen molar-refractivity contribution in [1.29, 1.82) is 0 Å².